The van der Waals surface area contributed by atoms with Crippen molar-refractivity contribution in [2.24, 2.45) is 0 Å². The van der Waals surface area contributed by atoms with Crippen molar-refractivity contribution in [3.05, 3.63) is 42.5 Å². The predicted molar refractivity (Wildman–Crippen MR) is 105 cm³/mol. The molecule has 144 valence electrons. The first kappa shape index (κ1) is 19.7. The number of ether oxygens (including phenoxy) is 1. The second-order valence-corrected chi connectivity index (χ2v) is 9.80. The van der Waals surface area contributed by atoms with Crippen LogP contribution < -0.4 is 0 Å². The van der Waals surface area contributed by atoms with Crippen molar-refractivity contribution in [1.82, 2.24) is 4.90 Å². The van der Waals surface area contributed by atoms with Crippen molar-refractivity contribution in [2.75, 3.05) is 30.9 Å². The zero-order valence-electron chi connectivity index (χ0n) is 15.0. The second kappa shape index (κ2) is 8.31. The molecule has 0 N–H and O–H groups in total. The van der Waals surface area contributed by atoms with Gasteiger partial charge in [0, 0.05) is 18.0 Å². The van der Waals surface area contributed by atoms with Crippen LogP contribution in [0.5, 0.6) is 0 Å². The Morgan fingerprint density at radius 2 is 1.93 bits per heavy atom. The molecule has 0 aliphatic carbocycles. The Bertz CT molecular complexity index is 957. The predicted octanol–water partition coefficient (Wildman–Crippen LogP) is 2.12. The van der Waals surface area contributed by atoms with Gasteiger partial charge >= 0.3 is 5.97 Å². The molecule has 0 saturated carbocycles. The fraction of sp³-hybridized carbons (Fsp3) is 0.368. The van der Waals surface area contributed by atoms with Gasteiger partial charge in [-0.1, -0.05) is 30.3 Å². The summed E-state index contributed by atoms with van der Waals surface area (Å²) in [7, 11) is -1.52. The van der Waals surface area contributed by atoms with Crippen LogP contribution in [-0.4, -0.2) is 62.1 Å². The minimum atomic E-state index is -3.07. The van der Waals surface area contributed by atoms with Gasteiger partial charge in [-0.3, -0.25) is 9.59 Å². The van der Waals surface area contributed by atoms with Crippen molar-refractivity contribution >= 4 is 44.2 Å². The number of esters is 1. The molecule has 1 fully saturated rings. The number of nitrogens with zero attached hydrogens (tertiary/aromatic N) is 1. The van der Waals surface area contributed by atoms with E-state index in [0.29, 0.717) is 6.42 Å². The molecule has 2 aromatic rings. The van der Waals surface area contributed by atoms with Crippen LogP contribution in [0.4, 0.5) is 0 Å². The van der Waals surface area contributed by atoms with Crippen LogP contribution in [0.3, 0.4) is 0 Å². The maximum Gasteiger partial charge on any atom is 0.316 e. The van der Waals surface area contributed by atoms with E-state index < -0.39 is 15.8 Å². The van der Waals surface area contributed by atoms with Crippen molar-refractivity contribution in [2.45, 2.75) is 17.4 Å². The summed E-state index contributed by atoms with van der Waals surface area (Å²) in [6.45, 7) is -0.371. The minimum absolute atomic E-state index is 0.0268. The Hall–Kier alpha value is -2.06. The number of sulfone groups is 1. The molecular formula is C19H21NO5S2. The van der Waals surface area contributed by atoms with Crippen molar-refractivity contribution < 1.29 is 22.7 Å². The molecule has 1 saturated heterocycles. The number of fused-ring (bicyclic) bond motifs is 1. The molecule has 1 aliphatic heterocycles. The van der Waals surface area contributed by atoms with Crippen LogP contribution in [0.1, 0.15) is 6.42 Å². The van der Waals surface area contributed by atoms with Gasteiger partial charge in [0.2, 0.25) is 0 Å². The van der Waals surface area contributed by atoms with E-state index in [1.165, 1.54) is 16.7 Å². The highest BCUT2D eigenvalue weighted by atomic mass is 32.2. The third-order valence-electron chi connectivity index (χ3n) is 4.58. The number of carbonyl (C=O) groups excluding carboxylic acids is 2. The highest BCUT2D eigenvalue weighted by Gasteiger charge is 2.32. The molecule has 3 rings (SSSR count). The Labute approximate surface area is 162 Å². The lowest BCUT2D eigenvalue weighted by Gasteiger charge is -2.23. The van der Waals surface area contributed by atoms with E-state index >= 15 is 0 Å². The summed E-state index contributed by atoms with van der Waals surface area (Å²) in [5, 5.41) is 2.23. The molecule has 8 heteroatoms. The molecule has 1 atom stereocenters. The highest BCUT2D eigenvalue weighted by Crippen LogP contribution is 2.23. The number of thioether (sulfide) groups is 1. The van der Waals surface area contributed by atoms with Crippen LogP contribution in [0.15, 0.2) is 47.4 Å². The van der Waals surface area contributed by atoms with Crippen LogP contribution in [0.2, 0.25) is 0 Å². The molecule has 1 aliphatic rings. The topological polar surface area (TPSA) is 80.8 Å². The van der Waals surface area contributed by atoms with Gasteiger partial charge < -0.3 is 9.64 Å². The number of hydrogen-bond donors (Lipinski definition) is 0. The van der Waals surface area contributed by atoms with Crippen molar-refractivity contribution in [1.29, 1.82) is 0 Å². The van der Waals surface area contributed by atoms with E-state index in [1.54, 1.807) is 7.05 Å². The van der Waals surface area contributed by atoms with E-state index in [-0.39, 0.29) is 35.8 Å². The fourth-order valence-electron chi connectivity index (χ4n) is 2.97. The average Bonchev–Trinajstić information content (AvgIpc) is 3.03. The fourth-order valence-corrected chi connectivity index (χ4v) is 5.49. The van der Waals surface area contributed by atoms with Crippen molar-refractivity contribution in [3.63, 3.8) is 0 Å². The summed E-state index contributed by atoms with van der Waals surface area (Å²) >= 11 is 1.35. The van der Waals surface area contributed by atoms with Gasteiger partial charge in [0.1, 0.15) is 0 Å². The lowest BCUT2D eigenvalue weighted by molar-refractivity contribution is -0.150. The van der Waals surface area contributed by atoms with Gasteiger partial charge in [0.05, 0.1) is 17.3 Å². The monoisotopic (exact) mass is 407 g/mol. The molecule has 1 heterocycles. The van der Waals surface area contributed by atoms with Crippen LogP contribution in [0.25, 0.3) is 10.8 Å². The first-order valence-corrected chi connectivity index (χ1v) is 11.4. The third-order valence-corrected chi connectivity index (χ3v) is 7.30. The van der Waals surface area contributed by atoms with E-state index in [9.17, 15) is 18.0 Å². The largest absolute Gasteiger partial charge is 0.455 e. The Kier molecular flexibility index (Phi) is 6.06. The standard InChI is InChI=1S/C19H21NO5S2/c1-20(16-8-9-27(23,24)13-16)18(21)11-25-19(22)12-26-17-7-6-14-4-2-3-5-15(14)10-17/h2-7,10,16H,8-9,11-13H2,1H3. The maximum atomic E-state index is 12.1. The molecular weight excluding hydrogens is 386 g/mol. The third kappa shape index (κ3) is 5.23. The number of rotatable bonds is 6. The van der Waals surface area contributed by atoms with Gasteiger partial charge in [0.25, 0.3) is 5.91 Å². The maximum absolute atomic E-state index is 12.1. The number of hydrogen-bond acceptors (Lipinski definition) is 6. The van der Waals surface area contributed by atoms with E-state index in [1.807, 2.05) is 42.5 Å². The molecule has 0 spiro atoms. The summed E-state index contributed by atoms with van der Waals surface area (Å²) in [5.74, 6) is -0.693. The first-order chi connectivity index (χ1) is 12.8. The van der Waals surface area contributed by atoms with E-state index in [0.717, 1.165) is 15.7 Å². The second-order valence-electron chi connectivity index (χ2n) is 6.52. The Morgan fingerprint density at radius 1 is 1.19 bits per heavy atom. The Balaban J connectivity index is 1.45. The molecule has 27 heavy (non-hydrogen) atoms. The van der Waals surface area contributed by atoms with Crippen molar-refractivity contribution in [3.8, 4) is 0 Å². The molecule has 0 bridgehead atoms. The van der Waals surface area contributed by atoms with E-state index in [4.69, 9.17) is 4.74 Å². The normalized spacial score (nSPS) is 18.3. The number of carbonyl (C=O) groups is 2. The summed E-state index contributed by atoms with van der Waals surface area (Å²) in [6, 6.07) is 13.6. The smallest absolute Gasteiger partial charge is 0.316 e. The number of likely N-dealkylation sites (N-methyl/N-ethyl adjacent to an activating group) is 1. The number of amides is 1. The SMILES string of the molecule is CN(C(=O)COC(=O)CSc1ccc2ccccc2c1)C1CCS(=O)(=O)C1. The van der Waals surface area contributed by atoms with E-state index in [2.05, 4.69) is 0 Å². The zero-order chi connectivity index (χ0) is 19.4. The van der Waals surface area contributed by atoms with Gasteiger partial charge in [-0.25, -0.2) is 8.42 Å². The van der Waals surface area contributed by atoms with Crippen LogP contribution in [-0.2, 0) is 24.2 Å². The summed E-state index contributed by atoms with van der Waals surface area (Å²) in [5.41, 5.74) is 0. The average molecular weight is 408 g/mol. The zero-order valence-corrected chi connectivity index (χ0v) is 16.6. The lowest BCUT2D eigenvalue weighted by Crippen LogP contribution is -2.40. The summed E-state index contributed by atoms with van der Waals surface area (Å²) in [6.07, 6.45) is 0.427. The summed E-state index contributed by atoms with van der Waals surface area (Å²) in [4.78, 5) is 26.4. The molecule has 1 amide bonds. The van der Waals surface area contributed by atoms with Crippen LogP contribution in [0, 0.1) is 0 Å². The van der Waals surface area contributed by atoms with Crippen LogP contribution >= 0.6 is 11.8 Å². The highest BCUT2D eigenvalue weighted by molar-refractivity contribution is 8.00. The molecule has 0 radical (unpaired) electrons. The summed E-state index contributed by atoms with van der Waals surface area (Å²) < 4.78 is 28.1. The molecule has 1 unspecified atom stereocenters. The molecule has 2 aromatic carbocycles. The number of benzene rings is 2. The van der Waals surface area contributed by atoms with Gasteiger partial charge in [0.15, 0.2) is 16.4 Å². The van der Waals surface area contributed by atoms with Gasteiger partial charge in [-0.2, -0.15) is 0 Å². The van der Waals surface area contributed by atoms with Gasteiger partial charge in [-0.15, -0.1) is 11.8 Å². The first-order valence-electron chi connectivity index (χ1n) is 8.57. The minimum Gasteiger partial charge on any atom is -0.455 e. The Morgan fingerprint density at radius 3 is 2.63 bits per heavy atom. The van der Waals surface area contributed by atoms with Gasteiger partial charge in [-0.05, 0) is 29.3 Å². The lowest BCUT2D eigenvalue weighted by atomic mass is 10.1. The molecule has 0 aromatic heterocycles. The quantitative estimate of drug-likeness (QED) is 0.539. The molecule has 6 nitrogen and oxygen atoms in total.